The van der Waals surface area contributed by atoms with Crippen LogP contribution in [0.25, 0.3) is 0 Å². The molecule has 0 radical (unpaired) electrons. The van der Waals surface area contributed by atoms with Crippen LogP contribution in [0.5, 0.6) is 5.75 Å². The fourth-order valence-corrected chi connectivity index (χ4v) is 0.915. The Labute approximate surface area is 96.6 Å². The molecule has 4 N–H and O–H groups in total. The molecule has 1 aromatic carbocycles. The number of hydrogen-bond donors (Lipinski definition) is 2. The summed E-state index contributed by atoms with van der Waals surface area (Å²) in [5.74, 6) is 0.826. The Hall–Kier alpha value is -0.640. The molecular weight excluding hydrogens is 223 g/mol. The number of ether oxygens (including phenoxy) is 1. The van der Waals surface area contributed by atoms with Gasteiger partial charge < -0.3 is 16.2 Å². The Kier molecular flexibility index (Phi) is 8.74. The molecular formula is C9H16Cl2N2O. The van der Waals surface area contributed by atoms with Crippen LogP contribution in [-0.4, -0.2) is 13.2 Å². The standard InChI is InChI=1S/C9H14N2O.2ClH/c1-7-6-8(12-5-4-10)2-3-9(7)11;;/h2-3,6H,4-5,10-11H2,1H3;2*1H. The van der Waals surface area contributed by atoms with Gasteiger partial charge in [0.1, 0.15) is 12.4 Å². The lowest BCUT2D eigenvalue weighted by atomic mass is 10.2. The lowest BCUT2D eigenvalue weighted by Gasteiger charge is -2.06. The van der Waals surface area contributed by atoms with Crippen LogP contribution in [0.1, 0.15) is 5.56 Å². The second-order valence-corrected chi connectivity index (χ2v) is 2.66. The van der Waals surface area contributed by atoms with Gasteiger partial charge in [-0.3, -0.25) is 0 Å². The van der Waals surface area contributed by atoms with Crippen molar-refractivity contribution in [3.63, 3.8) is 0 Å². The maximum absolute atomic E-state index is 5.64. The number of hydrogen-bond acceptors (Lipinski definition) is 3. The molecule has 0 saturated carbocycles. The van der Waals surface area contributed by atoms with Crippen molar-refractivity contribution in [2.75, 3.05) is 18.9 Å². The fraction of sp³-hybridized carbons (Fsp3) is 0.333. The molecule has 14 heavy (non-hydrogen) atoms. The normalized spacial score (nSPS) is 8.43. The van der Waals surface area contributed by atoms with Crippen molar-refractivity contribution < 1.29 is 4.74 Å². The molecule has 1 rings (SSSR count). The van der Waals surface area contributed by atoms with Gasteiger partial charge in [0.05, 0.1) is 0 Å². The fourth-order valence-electron chi connectivity index (χ4n) is 0.915. The number of aryl methyl sites for hydroxylation is 1. The van der Waals surface area contributed by atoms with E-state index in [4.69, 9.17) is 16.2 Å². The smallest absolute Gasteiger partial charge is 0.119 e. The van der Waals surface area contributed by atoms with Crippen molar-refractivity contribution in [3.8, 4) is 5.75 Å². The minimum absolute atomic E-state index is 0. The first-order valence-electron chi connectivity index (χ1n) is 3.93. The van der Waals surface area contributed by atoms with Gasteiger partial charge in [0, 0.05) is 12.2 Å². The van der Waals surface area contributed by atoms with Crippen molar-refractivity contribution in [2.24, 2.45) is 5.73 Å². The first-order chi connectivity index (χ1) is 5.74. The average Bonchev–Trinajstić information content (AvgIpc) is 2.07. The molecule has 0 spiro atoms. The minimum Gasteiger partial charge on any atom is -0.492 e. The first kappa shape index (κ1) is 15.8. The molecule has 0 amide bonds. The van der Waals surface area contributed by atoms with Gasteiger partial charge in [-0.25, -0.2) is 0 Å². The lowest BCUT2D eigenvalue weighted by molar-refractivity contribution is 0.328. The quantitative estimate of drug-likeness (QED) is 0.790. The van der Waals surface area contributed by atoms with Crippen molar-refractivity contribution in [1.29, 1.82) is 0 Å². The molecule has 0 aliphatic rings. The molecule has 3 nitrogen and oxygen atoms in total. The van der Waals surface area contributed by atoms with Crippen molar-refractivity contribution in [3.05, 3.63) is 23.8 Å². The molecule has 0 atom stereocenters. The molecule has 0 fully saturated rings. The molecule has 82 valence electrons. The highest BCUT2D eigenvalue weighted by Crippen LogP contribution is 2.18. The van der Waals surface area contributed by atoms with Crippen LogP contribution in [0.15, 0.2) is 18.2 Å². The van der Waals surface area contributed by atoms with E-state index in [1.54, 1.807) is 0 Å². The van der Waals surface area contributed by atoms with Crippen LogP contribution < -0.4 is 16.2 Å². The predicted molar refractivity (Wildman–Crippen MR) is 64.6 cm³/mol. The molecule has 0 aromatic heterocycles. The number of anilines is 1. The summed E-state index contributed by atoms with van der Waals surface area (Å²) in [6, 6.07) is 5.59. The van der Waals surface area contributed by atoms with Crippen LogP contribution >= 0.6 is 24.8 Å². The number of nitrogens with two attached hydrogens (primary N) is 2. The summed E-state index contributed by atoms with van der Waals surface area (Å²) in [7, 11) is 0. The molecule has 5 heteroatoms. The molecule has 0 bridgehead atoms. The van der Waals surface area contributed by atoms with Crippen molar-refractivity contribution in [1.82, 2.24) is 0 Å². The summed E-state index contributed by atoms with van der Waals surface area (Å²) in [6.45, 7) is 3.03. The molecule has 0 heterocycles. The van der Waals surface area contributed by atoms with E-state index in [9.17, 15) is 0 Å². The topological polar surface area (TPSA) is 61.3 Å². The first-order valence-corrected chi connectivity index (χ1v) is 3.93. The van der Waals surface area contributed by atoms with E-state index in [0.717, 1.165) is 17.0 Å². The second-order valence-electron chi connectivity index (χ2n) is 2.66. The maximum Gasteiger partial charge on any atom is 0.119 e. The van der Waals surface area contributed by atoms with E-state index in [-0.39, 0.29) is 24.8 Å². The third kappa shape index (κ3) is 4.56. The Morgan fingerprint density at radius 1 is 1.29 bits per heavy atom. The zero-order valence-corrected chi connectivity index (χ0v) is 9.66. The zero-order chi connectivity index (χ0) is 8.97. The Balaban J connectivity index is 0. The number of benzene rings is 1. The highest BCUT2D eigenvalue weighted by Gasteiger charge is 1.96. The van der Waals surface area contributed by atoms with Crippen LogP contribution in [-0.2, 0) is 0 Å². The average molecular weight is 239 g/mol. The monoisotopic (exact) mass is 238 g/mol. The Bertz CT molecular complexity index is 269. The van der Waals surface area contributed by atoms with Gasteiger partial charge in [-0.05, 0) is 30.7 Å². The lowest BCUT2D eigenvalue weighted by Crippen LogP contribution is -2.10. The summed E-state index contributed by atoms with van der Waals surface area (Å²) in [6.07, 6.45) is 0. The van der Waals surface area contributed by atoms with Crippen molar-refractivity contribution in [2.45, 2.75) is 6.92 Å². The highest BCUT2D eigenvalue weighted by molar-refractivity contribution is 5.85. The minimum atomic E-state index is 0. The zero-order valence-electron chi connectivity index (χ0n) is 8.03. The molecule has 0 unspecified atom stereocenters. The van der Waals surface area contributed by atoms with Gasteiger partial charge in [0.2, 0.25) is 0 Å². The molecule has 0 saturated heterocycles. The van der Waals surface area contributed by atoms with Gasteiger partial charge >= 0.3 is 0 Å². The van der Waals surface area contributed by atoms with Crippen LogP contribution in [0.4, 0.5) is 5.69 Å². The number of nitrogen functional groups attached to an aromatic ring is 1. The highest BCUT2D eigenvalue weighted by atomic mass is 35.5. The third-order valence-corrected chi connectivity index (χ3v) is 1.63. The van der Waals surface area contributed by atoms with E-state index in [1.807, 2.05) is 25.1 Å². The van der Waals surface area contributed by atoms with E-state index < -0.39 is 0 Å². The summed E-state index contributed by atoms with van der Waals surface area (Å²) in [5.41, 5.74) is 12.8. The van der Waals surface area contributed by atoms with Gasteiger partial charge in [0.15, 0.2) is 0 Å². The summed E-state index contributed by atoms with van der Waals surface area (Å²) in [5, 5.41) is 0. The molecule has 1 aromatic rings. The second kappa shape index (κ2) is 7.74. The maximum atomic E-state index is 5.64. The summed E-state index contributed by atoms with van der Waals surface area (Å²) < 4.78 is 5.31. The van der Waals surface area contributed by atoms with E-state index in [0.29, 0.717) is 13.2 Å². The van der Waals surface area contributed by atoms with Gasteiger partial charge in [-0.1, -0.05) is 0 Å². The van der Waals surface area contributed by atoms with Gasteiger partial charge in [0.25, 0.3) is 0 Å². The third-order valence-electron chi connectivity index (χ3n) is 1.63. The molecule has 0 aliphatic heterocycles. The van der Waals surface area contributed by atoms with Gasteiger partial charge in [-0.2, -0.15) is 0 Å². The number of halogens is 2. The summed E-state index contributed by atoms with van der Waals surface area (Å²) >= 11 is 0. The van der Waals surface area contributed by atoms with E-state index in [1.165, 1.54) is 0 Å². The van der Waals surface area contributed by atoms with Crippen LogP contribution in [0.2, 0.25) is 0 Å². The predicted octanol–water partition coefficient (Wildman–Crippen LogP) is 1.76. The van der Waals surface area contributed by atoms with E-state index >= 15 is 0 Å². The Morgan fingerprint density at radius 2 is 1.93 bits per heavy atom. The summed E-state index contributed by atoms with van der Waals surface area (Å²) in [4.78, 5) is 0. The largest absolute Gasteiger partial charge is 0.492 e. The van der Waals surface area contributed by atoms with Crippen LogP contribution in [0.3, 0.4) is 0 Å². The molecule has 0 aliphatic carbocycles. The van der Waals surface area contributed by atoms with Crippen LogP contribution in [0, 0.1) is 6.92 Å². The van der Waals surface area contributed by atoms with Crippen molar-refractivity contribution >= 4 is 30.5 Å². The SMILES string of the molecule is Cc1cc(OCCN)ccc1N.Cl.Cl. The van der Waals surface area contributed by atoms with Gasteiger partial charge in [-0.15, -0.1) is 24.8 Å². The Morgan fingerprint density at radius 3 is 2.43 bits per heavy atom. The van der Waals surface area contributed by atoms with E-state index in [2.05, 4.69) is 0 Å². The number of rotatable bonds is 3.